The summed E-state index contributed by atoms with van der Waals surface area (Å²) >= 11 is 1.80. The van der Waals surface area contributed by atoms with Crippen molar-refractivity contribution in [1.82, 2.24) is 19.9 Å². The van der Waals surface area contributed by atoms with Gasteiger partial charge in [-0.3, -0.25) is 0 Å². The van der Waals surface area contributed by atoms with Crippen molar-refractivity contribution in [3.63, 3.8) is 0 Å². The molecule has 7 aromatic carbocycles. The molecule has 10 aromatic rings. The maximum Gasteiger partial charge on any atom is 0.227 e. The molecule has 0 N–H and O–H groups in total. The molecule has 0 atom stereocenters. The quantitative estimate of drug-likeness (QED) is 0.184. The van der Waals surface area contributed by atoms with Gasteiger partial charge in [-0.15, -0.1) is 11.3 Å². The van der Waals surface area contributed by atoms with E-state index in [1.165, 1.54) is 14.8 Å². The number of thiophene rings is 1. The third-order valence-electron chi connectivity index (χ3n) is 9.14. The lowest BCUT2D eigenvalue weighted by atomic mass is 9.98. The maximum absolute atomic E-state index is 6.45. The van der Waals surface area contributed by atoms with E-state index in [0.717, 1.165) is 60.6 Å². The number of oxazole rings is 1. The lowest BCUT2D eigenvalue weighted by molar-refractivity contribution is 0.620. The Labute approximate surface area is 291 Å². The van der Waals surface area contributed by atoms with Gasteiger partial charge in [0.2, 0.25) is 5.89 Å². The fourth-order valence-electron chi connectivity index (χ4n) is 6.68. The molecule has 0 saturated heterocycles. The van der Waals surface area contributed by atoms with E-state index in [-0.39, 0.29) is 0 Å². The van der Waals surface area contributed by atoms with E-state index < -0.39 is 0 Å². The minimum atomic E-state index is 0.629. The lowest BCUT2D eigenvalue weighted by Gasteiger charge is -2.10. The third-order valence-corrected chi connectivity index (χ3v) is 10.3. The van der Waals surface area contributed by atoms with Crippen molar-refractivity contribution in [1.29, 1.82) is 0 Å². The molecule has 3 aromatic heterocycles. The van der Waals surface area contributed by atoms with Crippen LogP contribution < -0.4 is 0 Å². The van der Waals surface area contributed by atoms with Crippen LogP contribution >= 0.6 is 11.3 Å². The third kappa shape index (κ3) is 4.85. The molecule has 6 heteroatoms. The van der Waals surface area contributed by atoms with Gasteiger partial charge in [0.15, 0.2) is 23.1 Å². The van der Waals surface area contributed by atoms with Crippen LogP contribution in [0.5, 0.6) is 0 Å². The summed E-state index contributed by atoms with van der Waals surface area (Å²) in [6, 6.07) is 54.0. The Balaban J connectivity index is 1.11. The van der Waals surface area contributed by atoms with Gasteiger partial charge in [0.1, 0.15) is 5.52 Å². The topological polar surface area (TPSA) is 64.7 Å². The van der Waals surface area contributed by atoms with Crippen LogP contribution in [-0.4, -0.2) is 19.9 Å². The largest absolute Gasteiger partial charge is 0.436 e. The predicted molar refractivity (Wildman–Crippen MR) is 205 cm³/mol. The number of nitrogens with zero attached hydrogens (tertiary/aromatic N) is 4. The van der Waals surface area contributed by atoms with Gasteiger partial charge in [-0.05, 0) is 52.7 Å². The van der Waals surface area contributed by atoms with Crippen molar-refractivity contribution in [2.75, 3.05) is 0 Å². The van der Waals surface area contributed by atoms with E-state index in [1.54, 1.807) is 11.3 Å². The van der Waals surface area contributed by atoms with Crippen molar-refractivity contribution in [2.24, 2.45) is 0 Å². The number of rotatable bonds is 5. The van der Waals surface area contributed by atoms with E-state index >= 15 is 0 Å². The average Bonchev–Trinajstić information content (AvgIpc) is 3.80. The summed E-state index contributed by atoms with van der Waals surface area (Å²) in [4.78, 5) is 19.8. The molecule has 0 fully saturated rings. The molecule has 0 aliphatic rings. The molecule has 0 aliphatic heterocycles. The summed E-state index contributed by atoms with van der Waals surface area (Å²) in [5.74, 6) is 2.57. The van der Waals surface area contributed by atoms with Gasteiger partial charge < -0.3 is 4.42 Å². The predicted octanol–water partition coefficient (Wildman–Crippen LogP) is 11.9. The summed E-state index contributed by atoms with van der Waals surface area (Å²) in [7, 11) is 0. The second-order valence-corrected chi connectivity index (χ2v) is 13.3. The molecule has 0 radical (unpaired) electrons. The molecular formula is C44H26N4OS. The monoisotopic (exact) mass is 658 g/mol. The van der Waals surface area contributed by atoms with Crippen LogP contribution in [0.2, 0.25) is 0 Å². The van der Waals surface area contributed by atoms with Gasteiger partial charge >= 0.3 is 0 Å². The standard InChI is InChI=1S/C44H26N4OS/c1-4-12-27(13-5-1)41-46-42(28-14-6-2-7-15-28)48-43(47-41)33-23-21-30-24-32(22-20-31(30)25-33)35-26-36-39(45-44(49-36)29-16-8-3-9-17-29)38-34-18-10-11-19-37(34)50-40(35)38/h1-26H. The maximum atomic E-state index is 6.45. The first-order valence-corrected chi connectivity index (χ1v) is 17.3. The number of hydrogen-bond donors (Lipinski definition) is 0. The molecule has 3 heterocycles. The number of hydrogen-bond acceptors (Lipinski definition) is 6. The molecular weight excluding hydrogens is 633 g/mol. The van der Waals surface area contributed by atoms with Crippen molar-refractivity contribution in [3.8, 4) is 56.7 Å². The molecule has 0 unspecified atom stereocenters. The molecule has 234 valence electrons. The fraction of sp³-hybridized carbons (Fsp3) is 0. The second kappa shape index (κ2) is 11.6. The summed E-state index contributed by atoms with van der Waals surface area (Å²) in [6.45, 7) is 0. The number of benzene rings is 7. The SMILES string of the molecule is c1ccc(-c2nc(-c3ccccc3)nc(-c3ccc4cc(-c5cc6oc(-c7ccccc7)nc6c6c5sc5ccccc56)ccc4c3)n2)cc1. The van der Waals surface area contributed by atoms with Crippen LogP contribution in [0.4, 0.5) is 0 Å². The van der Waals surface area contributed by atoms with Crippen molar-refractivity contribution in [3.05, 3.63) is 158 Å². The Kier molecular flexibility index (Phi) is 6.60. The summed E-state index contributed by atoms with van der Waals surface area (Å²) in [5.41, 5.74) is 7.73. The summed E-state index contributed by atoms with van der Waals surface area (Å²) in [6.07, 6.45) is 0. The zero-order valence-corrected chi connectivity index (χ0v) is 27.4. The zero-order chi connectivity index (χ0) is 33.0. The van der Waals surface area contributed by atoms with Gasteiger partial charge in [-0.25, -0.2) is 19.9 Å². The molecule has 0 bridgehead atoms. The first kappa shape index (κ1) is 28.5. The Morgan fingerprint density at radius 2 is 0.980 bits per heavy atom. The highest BCUT2D eigenvalue weighted by Crippen LogP contribution is 2.45. The van der Waals surface area contributed by atoms with Gasteiger partial charge in [-0.1, -0.05) is 121 Å². The molecule has 0 aliphatic carbocycles. The van der Waals surface area contributed by atoms with Gasteiger partial charge in [0.25, 0.3) is 0 Å². The smallest absolute Gasteiger partial charge is 0.227 e. The minimum Gasteiger partial charge on any atom is -0.436 e. The van der Waals surface area contributed by atoms with E-state index in [1.807, 2.05) is 91.0 Å². The Bertz CT molecular complexity index is 2810. The van der Waals surface area contributed by atoms with Crippen LogP contribution in [0.25, 0.3) is 98.8 Å². The Hall–Kier alpha value is -6.50. The highest BCUT2D eigenvalue weighted by molar-refractivity contribution is 7.26. The van der Waals surface area contributed by atoms with Crippen molar-refractivity contribution < 1.29 is 4.42 Å². The van der Waals surface area contributed by atoms with Crippen LogP contribution in [0.1, 0.15) is 0 Å². The first-order valence-electron chi connectivity index (χ1n) is 16.5. The van der Waals surface area contributed by atoms with E-state index in [9.17, 15) is 0 Å². The second-order valence-electron chi connectivity index (χ2n) is 12.3. The van der Waals surface area contributed by atoms with Crippen LogP contribution in [-0.2, 0) is 0 Å². The van der Waals surface area contributed by atoms with Gasteiger partial charge in [0, 0.05) is 48.0 Å². The van der Waals surface area contributed by atoms with Crippen LogP contribution in [0.3, 0.4) is 0 Å². The highest BCUT2D eigenvalue weighted by Gasteiger charge is 2.20. The zero-order valence-electron chi connectivity index (χ0n) is 26.6. The number of aromatic nitrogens is 4. The Morgan fingerprint density at radius 1 is 0.440 bits per heavy atom. The molecule has 0 spiro atoms. The number of fused-ring (bicyclic) bond motifs is 6. The van der Waals surface area contributed by atoms with Crippen molar-refractivity contribution in [2.45, 2.75) is 0 Å². The van der Waals surface area contributed by atoms with E-state index in [0.29, 0.717) is 23.4 Å². The normalized spacial score (nSPS) is 11.6. The van der Waals surface area contributed by atoms with Crippen LogP contribution in [0, 0.1) is 0 Å². The van der Waals surface area contributed by atoms with Gasteiger partial charge in [0.05, 0.1) is 0 Å². The molecule has 0 saturated carbocycles. The average molecular weight is 659 g/mol. The molecule has 50 heavy (non-hydrogen) atoms. The van der Waals surface area contributed by atoms with Crippen LogP contribution in [0.15, 0.2) is 162 Å². The Morgan fingerprint density at radius 3 is 1.64 bits per heavy atom. The summed E-state index contributed by atoms with van der Waals surface area (Å²) < 4.78 is 8.89. The molecule has 10 rings (SSSR count). The van der Waals surface area contributed by atoms with Gasteiger partial charge in [-0.2, -0.15) is 0 Å². The lowest BCUT2D eigenvalue weighted by Crippen LogP contribution is -2.00. The van der Waals surface area contributed by atoms with Crippen molar-refractivity contribution >= 4 is 53.4 Å². The molecule has 0 amide bonds. The van der Waals surface area contributed by atoms with E-state index in [4.69, 9.17) is 24.4 Å². The fourth-order valence-corrected chi connectivity index (χ4v) is 7.93. The molecule has 5 nitrogen and oxygen atoms in total. The van der Waals surface area contributed by atoms with E-state index in [2.05, 4.69) is 66.7 Å². The summed E-state index contributed by atoms with van der Waals surface area (Å²) in [5, 5.41) is 4.56. The minimum absolute atomic E-state index is 0.629. The highest BCUT2D eigenvalue weighted by atomic mass is 32.1. The first-order chi connectivity index (χ1) is 24.7.